The smallest absolute Gasteiger partial charge is 0.239 e. The van der Waals surface area contributed by atoms with Crippen molar-refractivity contribution in [3.8, 4) is 11.1 Å². The molecule has 128 valence electrons. The standard InChI is InChI=1S/C18H18FN5O/c19-16-3-4-24(10-16)11-18(25)23-17-6-14-5-12(15-8-21-22-9-15)1-2-13(14)7-20-17/h1-2,5-9,16H,3-4,10-11H2,(H,21,22)(H,20,23,25)/t16-/m0/s1. The van der Waals surface area contributed by atoms with E-state index in [0.717, 1.165) is 21.9 Å². The largest absolute Gasteiger partial charge is 0.310 e. The summed E-state index contributed by atoms with van der Waals surface area (Å²) >= 11 is 0. The average Bonchev–Trinajstić information content (AvgIpc) is 3.26. The molecule has 0 spiro atoms. The van der Waals surface area contributed by atoms with Crippen LogP contribution in [0.5, 0.6) is 0 Å². The van der Waals surface area contributed by atoms with E-state index in [9.17, 15) is 9.18 Å². The number of anilines is 1. The second-order valence-electron chi connectivity index (χ2n) is 6.29. The molecule has 1 amide bonds. The van der Waals surface area contributed by atoms with Gasteiger partial charge >= 0.3 is 0 Å². The summed E-state index contributed by atoms with van der Waals surface area (Å²) in [6, 6.07) is 7.88. The van der Waals surface area contributed by atoms with Gasteiger partial charge in [-0.3, -0.25) is 14.8 Å². The summed E-state index contributed by atoms with van der Waals surface area (Å²) in [5.41, 5.74) is 2.04. The van der Waals surface area contributed by atoms with Crippen LogP contribution in [0.15, 0.2) is 42.9 Å². The third-order valence-corrected chi connectivity index (χ3v) is 4.40. The summed E-state index contributed by atoms with van der Waals surface area (Å²) in [4.78, 5) is 18.2. The fourth-order valence-corrected chi connectivity index (χ4v) is 3.11. The molecule has 6 nitrogen and oxygen atoms in total. The van der Waals surface area contributed by atoms with Crippen molar-refractivity contribution in [2.24, 2.45) is 0 Å². The van der Waals surface area contributed by atoms with Crippen LogP contribution in [0.1, 0.15) is 6.42 Å². The lowest BCUT2D eigenvalue weighted by atomic mass is 10.1. The molecule has 1 aromatic carbocycles. The Labute approximate surface area is 144 Å². The van der Waals surface area contributed by atoms with Crippen LogP contribution in [-0.4, -0.2) is 51.8 Å². The number of aromatic amines is 1. The zero-order chi connectivity index (χ0) is 17.2. The first-order valence-electron chi connectivity index (χ1n) is 8.22. The molecule has 4 rings (SSSR count). The number of carbonyl (C=O) groups excluding carboxylic acids is 1. The van der Waals surface area contributed by atoms with E-state index in [2.05, 4.69) is 20.5 Å². The molecule has 1 atom stereocenters. The van der Waals surface area contributed by atoms with Crippen LogP contribution in [0.2, 0.25) is 0 Å². The quantitative estimate of drug-likeness (QED) is 0.766. The molecule has 0 unspecified atom stereocenters. The number of halogens is 1. The van der Waals surface area contributed by atoms with Gasteiger partial charge in [-0.15, -0.1) is 0 Å². The molecule has 0 aliphatic carbocycles. The highest BCUT2D eigenvalue weighted by atomic mass is 19.1. The van der Waals surface area contributed by atoms with E-state index >= 15 is 0 Å². The van der Waals surface area contributed by atoms with Crippen molar-refractivity contribution in [1.82, 2.24) is 20.1 Å². The monoisotopic (exact) mass is 339 g/mol. The van der Waals surface area contributed by atoms with Gasteiger partial charge in [0.25, 0.3) is 0 Å². The molecule has 0 bridgehead atoms. The van der Waals surface area contributed by atoms with Crippen molar-refractivity contribution >= 4 is 22.5 Å². The van der Waals surface area contributed by atoms with E-state index in [0.29, 0.717) is 25.3 Å². The lowest BCUT2D eigenvalue weighted by Gasteiger charge is -2.14. The number of amides is 1. The van der Waals surface area contributed by atoms with Crippen molar-refractivity contribution in [2.45, 2.75) is 12.6 Å². The topological polar surface area (TPSA) is 73.9 Å². The summed E-state index contributed by atoms with van der Waals surface area (Å²) in [5, 5.41) is 11.5. The number of fused-ring (bicyclic) bond motifs is 1. The van der Waals surface area contributed by atoms with E-state index in [4.69, 9.17) is 0 Å². The van der Waals surface area contributed by atoms with Crippen LogP contribution in [0, 0.1) is 0 Å². The van der Waals surface area contributed by atoms with Gasteiger partial charge in [-0.05, 0) is 29.5 Å². The molecule has 1 aliphatic rings. The van der Waals surface area contributed by atoms with Crippen molar-refractivity contribution in [1.29, 1.82) is 0 Å². The zero-order valence-electron chi connectivity index (χ0n) is 13.6. The number of pyridine rings is 1. The summed E-state index contributed by atoms with van der Waals surface area (Å²) in [7, 11) is 0. The van der Waals surface area contributed by atoms with Gasteiger partial charge in [0.15, 0.2) is 0 Å². The summed E-state index contributed by atoms with van der Waals surface area (Å²) in [6.07, 6.45) is 5.00. The van der Waals surface area contributed by atoms with E-state index in [1.165, 1.54) is 0 Å². The summed E-state index contributed by atoms with van der Waals surface area (Å²) < 4.78 is 13.2. The third kappa shape index (κ3) is 3.51. The fraction of sp³-hybridized carbons (Fsp3) is 0.278. The first kappa shape index (κ1) is 15.7. The van der Waals surface area contributed by atoms with Crippen molar-refractivity contribution < 1.29 is 9.18 Å². The highest BCUT2D eigenvalue weighted by Crippen LogP contribution is 2.24. The van der Waals surface area contributed by atoms with Gasteiger partial charge < -0.3 is 5.32 Å². The summed E-state index contributed by atoms with van der Waals surface area (Å²) in [6.45, 7) is 1.13. The number of hydrogen-bond acceptors (Lipinski definition) is 4. The highest BCUT2D eigenvalue weighted by Gasteiger charge is 2.23. The van der Waals surface area contributed by atoms with E-state index in [-0.39, 0.29) is 12.5 Å². The highest BCUT2D eigenvalue weighted by molar-refractivity contribution is 5.94. The van der Waals surface area contributed by atoms with Crippen LogP contribution in [0.4, 0.5) is 10.2 Å². The lowest BCUT2D eigenvalue weighted by molar-refractivity contribution is -0.117. The minimum absolute atomic E-state index is 0.174. The zero-order valence-corrected chi connectivity index (χ0v) is 13.6. The number of likely N-dealkylation sites (tertiary alicyclic amines) is 1. The van der Waals surface area contributed by atoms with Crippen LogP contribution >= 0.6 is 0 Å². The number of benzene rings is 1. The third-order valence-electron chi connectivity index (χ3n) is 4.40. The van der Waals surface area contributed by atoms with Crippen molar-refractivity contribution in [3.63, 3.8) is 0 Å². The molecule has 3 heterocycles. The molecule has 0 radical (unpaired) electrons. The van der Waals surface area contributed by atoms with Crippen LogP contribution in [-0.2, 0) is 4.79 Å². The average molecular weight is 339 g/mol. The van der Waals surface area contributed by atoms with Gasteiger partial charge in [0.05, 0.1) is 12.7 Å². The molecule has 25 heavy (non-hydrogen) atoms. The van der Waals surface area contributed by atoms with Crippen molar-refractivity contribution in [2.75, 3.05) is 25.0 Å². The number of aromatic nitrogens is 3. The number of nitrogens with one attached hydrogen (secondary N) is 2. The maximum Gasteiger partial charge on any atom is 0.239 e. The molecule has 1 aliphatic heterocycles. The minimum atomic E-state index is -0.826. The molecule has 1 saturated heterocycles. The first-order valence-corrected chi connectivity index (χ1v) is 8.22. The predicted molar refractivity (Wildman–Crippen MR) is 93.9 cm³/mol. The summed E-state index contributed by atoms with van der Waals surface area (Å²) in [5.74, 6) is 0.324. The number of hydrogen-bond donors (Lipinski definition) is 2. The Hall–Kier alpha value is -2.80. The molecule has 1 fully saturated rings. The Balaban J connectivity index is 1.50. The number of rotatable bonds is 4. The normalized spacial score (nSPS) is 17.9. The van der Waals surface area contributed by atoms with Crippen LogP contribution in [0.25, 0.3) is 21.9 Å². The number of nitrogens with zero attached hydrogens (tertiary/aromatic N) is 3. The molecule has 2 aromatic heterocycles. The molecule has 0 saturated carbocycles. The van der Waals surface area contributed by atoms with Gasteiger partial charge in [-0.2, -0.15) is 5.10 Å². The van der Waals surface area contributed by atoms with Gasteiger partial charge in [0, 0.05) is 36.4 Å². The molecular formula is C18H18FN5O. The van der Waals surface area contributed by atoms with E-state index in [1.54, 1.807) is 12.4 Å². The minimum Gasteiger partial charge on any atom is -0.310 e. The van der Waals surface area contributed by atoms with E-state index < -0.39 is 6.17 Å². The Kier molecular flexibility index (Phi) is 4.15. The van der Waals surface area contributed by atoms with Crippen LogP contribution in [0.3, 0.4) is 0 Å². The maximum atomic E-state index is 13.2. The Morgan fingerprint density at radius 1 is 1.28 bits per heavy atom. The Morgan fingerprint density at radius 3 is 2.96 bits per heavy atom. The first-order chi connectivity index (χ1) is 12.2. The number of carbonyl (C=O) groups is 1. The molecule has 7 heteroatoms. The second kappa shape index (κ2) is 6.60. The molecule has 3 aromatic rings. The van der Waals surface area contributed by atoms with E-state index in [1.807, 2.05) is 35.4 Å². The fourth-order valence-electron chi connectivity index (χ4n) is 3.11. The predicted octanol–water partition coefficient (Wildman–Crippen LogP) is 2.61. The van der Waals surface area contributed by atoms with Gasteiger partial charge in [0.2, 0.25) is 5.91 Å². The Morgan fingerprint density at radius 2 is 2.20 bits per heavy atom. The van der Waals surface area contributed by atoms with Crippen molar-refractivity contribution in [3.05, 3.63) is 42.9 Å². The number of alkyl halides is 1. The van der Waals surface area contributed by atoms with Crippen LogP contribution < -0.4 is 5.32 Å². The molecular weight excluding hydrogens is 321 g/mol. The lowest BCUT2D eigenvalue weighted by Crippen LogP contribution is -2.32. The SMILES string of the molecule is O=C(CN1CC[C@H](F)C1)Nc1cc2cc(-c3cn[nH]c3)ccc2cn1. The Bertz CT molecular complexity index is 896. The van der Waals surface area contributed by atoms with Gasteiger partial charge in [-0.1, -0.05) is 12.1 Å². The second-order valence-corrected chi connectivity index (χ2v) is 6.29. The molecule has 2 N–H and O–H groups in total. The number of H-pyrrole nitrogens is 1. The van der Waals surface area contributed by atoms with Gasteiger partial charge in [-0.25, -0.2) is 9.37 Å². The maximum absolute atomic E-state index is 13.2. The van der Waals surface area contributed by atoms with Gasteiger partial charge in [0.1, 0.15) is 12.0 Å².